The third kappa shape index (κ3) is 4.77. The number of amides is 1. The number of nitro groups is 1. The van der Waals surface area contributed by atoms with Crippen molar-refractivity contribution in [2.45, 2.75) is 13.0 Å². The molecule has 23 heavy (non-hydrogen) atoms. The molecule has 0 heterocycles. The Bertz CT molecular complexity index is 707. The monoisotopic (exact) mass is 333 g/mol. The summed E-state index contributed by atoms with van der Waals surface area (Å²) in [6.07, 6.45) is 0. The average molecular weight is 334 g/mol. The summed E-state index contributed by atoms with van der Waals surface area (Å²) in [4.78, 5) is 22.4. The first-order valence-electron chi connectivity index (χ1n) is 6.99. The van der Waals surface area contributed by atoms with Gasteiger partial charge in [-0.05, 0) is 24.6 Å². The number of carbonyl (C=O) groups is 1. The van der Waals surface area contributed by atoms with E-state index in [1.165, 1.54) is 18.2 Å². The molecule has 7 heteroatoms. The number of hydrogen-bond acceptors (Lipinski definition) is 4. The van der Waals surface area contributed by atoms with E-state index < -0.39 is 4.92 Å². The van der Waals surface area contributed by atoms with E-state index in [2.05, 4.69) is 10.6 Å². The van der Waals surface area contributed by atoms with Crippen LogP contribution in [0.5, 0.6) is 0 Å². The fraction of sp³-hybridized carbons (Fsp3) is 0.188. The number of rotatable bonds is 6. The third-order valence-electron chi connectivity index (χ3n) is 3.30. The molecule has 0 unspecified atom stereocenters. The fourth-order valence-corrected chi connectivity index (χ4v) is 2.24. The van der Waals surface area contributed by atoms with Gasteiger partial charge in [0, 0.05) is 17.1 Å². The van der Waals surface area contributed by atoms with Gasteiger partial charge < -0.3 is 10.6 Å². The minimum Gasteiger partial charge on any atom is -0.319 e. The maximum Gasteiger partial charge on any atom is 0.292 e. The smallest absolute Gasteiger partial charge is 0.292 e. The Morgan fingerprint density at radius 3 is 2.61 bits per heavy atom. The number of halogens is 1. The molecule has 0 fully saturated rings. The van der Waals surface area contributed by atoms with E-state index in [9.17, 15) is 14.9 Å². The van der Waals surface area contributed by atoms with Crippen molar-refractivity contribution in [1.82, 2.24) is 5.32 Å². The molecule has 0 spiro atoms. The third-order valence-corrected chi connectivity index (χ3v) is 3.53. The van der Waals surface area contributed by atoms with Crippen LogP contribution in [0.1, 0.15) is 18.5 Å². The number of nitrogens with one attached hydrogen (secondary N) is 2. The van der Waals surface area contributed by atoms with Crippen LogP contribution in [0.4, 0.5) is 11.4 Å². The standard InChI is InChI=1S/C16H16ClN3O3/c1-11(12-5-3-2-4-6-12)18-10-16(21)19-14-9-13(17)7-8-15(14)20(22)23/h2-9,11,18H,10H2,1H3,(H,19,21)/t11-/m0/s1. The molecule has 0 aliphatic carbocycles. The van der Waals surface area contributed by atoms with Crippen LogP contribution >= 0.6 is 11.6 Å². The van der Waals surface area contributed by atoms with Crippen LogP contribution in [0.15, 0.2) is 48.5 Å². The second-order valence-corrected chi connectivity index (χ2v) is 5.42. The van der Waals surface area contributed by atoms with E-state index in [4.69, 9.17) is 11.6 Å². The van der Waals surface area contributed by atoms with Gasteiger partial charge in [0.2, 0.25) is 5.91 Å². The highest BCUT2D eigenvalue weighted by Crippen LogP contribution is 2.27. The van der Waals surface area contributed by atoms with Crippen molar-refractivity contribution in [3.63, 3.8) is 0 Å². The summed E-state index contributed by atoms with van der Waals surface area (Å²) in [5.74, 6) is -0.377. The minimum atomic E-state index is -0.564. The number of benzene rings is 2. The molecule has 2 aromatic carbocycles. The molecule has 1 atom stereocenters. The van der Waals surface area contributed by atoms with Crippen molar-refractivity contribution < 1.29 is 9.72 Å². The average Bonchev–Trinajstić information content (AvgIpc) is 2.53. The van der Waals surface area contributed by atoms with Crippen molar-refractivity contribution in [3.8, 4) is 0 Å². The Hall–Kier alpha value is -2.44. The Kier molecular flexibility index (Phi) is 5.67. The van der Waals surface area contributed by atoms with Crippen LogP contribution in [-0.2, 0) is 4.79 Å². The summed E-state index contributed by atoms with van der Waals surface area (Å²) in [7, 11) is 0. The van der Waals surface area contributed by atoms with Crippen LogP contribution < -0.4 is 10.6 Å². The van der Waals surface area contributed by atoms with Crippen LogP contribution in [-0.4, -0.2) is 17.4 Å². The maximum absolute atomic E-state index is 12.0. The highest BCUT2D eigenvalue weighted by molar-refractivity contribution is 6.31. The highest BCUT2D eigenvalue weighted by Gasteiger charge is 2.16. The number of nitro benzene ring substituents is 1. The molecular weight excluding hydrogens is 318 g/mol. The van der Waals surface area contributed by atoms with Gasteiger partial charge in [-0.1, -0.05) is 41.9 Å². The van der Waals surface area contributed by atoms with E-state index in [-0.39, 0.29) is 29.9 Å². The summed E-state index contributed by atoms with van der Waals surface area (Å²) < 4.78 is 0. The lowest BCUT2D eigenvalue weighted by molar-refractivity contribution is -0.383. The molecular formula is C16H16ClN3O3. The molecule has 6 nitrogen and oxygen atoms in total. The van der Waals surface area contributed by atoms with Gasteiger partial charge in [-0.15, -0.1) is 0 Å². The highest BCUT2D eigenvalue weighted by atomic mass is 35.5. The molecule has 2 rings (SSSR count). The van der Waals surface area contributed by atoms with Gasteiger partial charge >= 0.3 is 0 Å². The molecule has 0 bridgehead atoms. The first-order valence-corrected chi connectivity index (χ1v) is 7.37. The lowest BCUT2D eigenvalue weighted by Crippen LogP contribution is -2.30. The van der Waals surface area contributed by atoms with Crippen molar-refractivity contribution in [1.29, 1.82) is 0 Å². The normalized spacial score (nSPS) is 11.7. The molecule has 120 valence electrons. The van der Waals surface area contributed by atoms with E-state index >= 15 is 0 Å². The van der Waals surface area contributed by atoms with Gasteiger partial charge in [0.25, 0.3) is 5.69 Å². The van der Waals surface area contributed by atoms with Crippen molar-refractivity contribution in [2.75, 3.05) is 11.9 Å². The Morgan fingerprint density at radius 1 is 1.26 bits per heavy atom. The van der Waals surface area contributed by atoms with E-state index in [0.29, 0.717) is 5.02 Å². The summed E-state index contributed by atoms with van der Waals surface area (Å²) >= 11 is 5.82. The van der Waals surface area contributed by atoms with Crippen molar-refractivity contribution in [2.24, 2.45) is 0 Å². The first kappa shape index (κ1) is 16.9. The summed E-state index contributed by atoms with van der Waals surface area (Å²) in [6, 6.07) is 13.7. The summed E-state index contributed by atoms with van der Waals surface area (Å²) in [5.41, 5.74) is 0.939. The zero-order valence-corrected chi connectivity index (χ0v) is 13.2. The van der Waals surface area contributed by atoms with Crippen LogP contribution in [0, 0.1) is 10.1 Å². The first-order chi connectivity index (χ1) is 11.0. The lowest BCUT2D eigenvalue weighted by atomic mass is 10.1. The van der Waals surface area contributed by atoms with Crippen molar-refractivity contribution >= 4 is 28.9 Å². The summed E-state index contributed by atoms with van der Waals surface area (Å²) in [6.45, 7) is 1.96. The molecule has 1 amide bonds. The van der Waals surface area contributed by atoms with Gasteiger partial charge in [0.1, 0.15) is 5.69 Å². The number of nitrogens with zero attached hydrogens (tertiary/aromatic N) is 1. The van der Waals surface area contributed by atoms with Crippen LogP contribution in [0.25, 0.3) is 0 Å². The Balaban J connectivity index is 1.98. The molecule has 0 aliphatic heterocycles. The van der Waals surface area contributed by atoms with E-state index in [0.717, 1.165) is 5.56 Å². The molecule has 2 aromatic rings. The van der Waals surface area contributed by atoms with Gasteiger partial charge in [-0.2, -0.15) is 0 Å². The van der Waals surface area contributed by atoms with Crippen LogP contribution in [0.3, 0.4) is 0 Å². The molecule has 0 radical (unpaired) electrons. The zero-order valence-electron chi connectivity index (χ0n) is 12.5. The minimum absolute atomic E-state index is 0.0173. The van der Waals surface area contributed by atoms with Gasteiger partial charge in [0.05, 0.1) is 11.5 Å². The second-order valence-electron chi connectivity index (χ2n) is 4.98. The predicted molar refractivity (Wildman–Crippen MR) is 89.6 cm³/mol. The Morgan fingerprint density at radius 2 is 1.96 bits per heavy atom. The Labute approximate surface area is 138 Å². The summed E-state index contributed by atoms with van der Waals surface area (Å²) in [5, 5.41) is 16.9. The maximum atomic E-state index is 12.0. The van der Waals surface area contributed by atoms with Crippen LogP contribution in [0.2, 0.25) is 5.02 Å². The molecule has 0 saturated carbocycles. The van der Waals surface area contributed by atoms with Gasteiger partial charge in [-0.3, -0.25) is 14.9 Å². The SMILES string of the molecule is C[C@H](NCC(=O)Nc1cc(Cl)ccc1[N+](=O)[O-])c1ccccc1. The fourth-order valence-electron chi connectivity index (χ4n) is 2.07. The molecule has 0 aliphatic rings. The predicted octanol–water partition coefficient (Wildman–Crippen LogP) is 3.54. The zero-order chi connectivity index (χ0) is 16.8. The number of carbonyl (C=O) groups excluding carboxylic acids is 1. The molecule has 0 aromatic heterocycles. The molecule has 2 N–H and O–H groups in total. The van der Waals surface area contributed by atoms with Crippen molar-refractivity contribution in [3.05, 3.63) is 69.2 Å². The van der Waals surface area contributed by atoms with E-state index in [1.807, 2.05) is 37.3 Å². The number of anilines is 1. The molecule has 0 saturated heterocycles. The topological polar surface area (TPSA) is 84.3 Å². The van der Waals surface area contributed by atoms with Gasteiger partial charge in [-0.25, -0.2) is 0 Å². The second kappa shape index (κ2) is 7.71. The van der Waals surface area contributed by atoms with Gasteiger partial charge in [0.15, 0.2) is 0 Å². The number of hydrogen-bond donors (Lipinski definition) is 2. The lowest BCUT2D eigenvalue weighted by Gasteiger charge is -2.14. The largest absolute Gasteiger partial charge is 0.319 e. The van der Waals surface area contributed by atoms with E-state index in [1.54, 1.807) is 0 Å². The quantitative estimate of drug-likeness (QED) is 0.625.